The van der Waals surface area contributed by atoms with Gasteiger partial charge in [-0.25, -0.2) is 0 Å². The summed E-state index contributed by atoms with van der Waals surface area (Å²) >= 11 is 12.2. The molecule has 26 heavy (non-hydrogen) atoms. The van der Waals surface area contributed by atoms with Gasteiger partial charge in [0, 0.05) is 45.0 Å². The Morgan fingerprint density at radius 2 is 1.27 bits per heavy atom. The van der Waals surface area contributed by atoms with Gasteiger partial charge in [-0.15, -0.1) is 0 Å². The first kappa shape index (κ1) is 19.3. The van der Waals surface area contributed by atoms with Gasteiger partial charge in [-0.3, -0.25) is 0 Å². The van der Waals surface area contributed by atoms with Gasteiger partial charge >= 0.3 is 0 Å². The Hall–Kier alpha value is -1.42. The van der Waals surface area contributed by atoms with Crippen LogP contribution in [0.25, 0.3) is 0 Å². The molecule has 0 spiro atoms. The van der Waals surface area contributed by atoms with Crippen LogP contribution in [0.3, 0.4) is 0 Å². The van der Waals surface area contributed by atoms with Gasteiger partial charge in [0.05, 0.1) is 15.7 Å². The van der Waals surface area contributed by atoms with E-state index < -0.39 is 0 Å². The molecule has 0 atom stereocenters. The number of halogens is 2. The van der Waals surface area contributed by atoms with Crippen molar-refractivity contribution in [2.45, 2.75) is 19.3 Å². The minimum atomic E-state index is 0.736. The van der Waals surface area contributed by atoms with Gasteiger partial charge in [-0.2, -0.15) is 0 Å². The number of benzene rings is 2. The molecule has 2 aliphatic rings. The van der Waals surface area contributed by atoms with Gasteiger partial charge in [-0.1, -0.05) is 47.5 Å². The standard InChI is InChI=1S/C11H15N.C10H12Cl2N2/c1-3-7-11(8-4-1)12-9-5-2-6-10-12;11-8-2-1-3-9(12)10(8)14-6-4-13-5-7-14/h1,3-4,7-8H,2,5-6,9-10H2;1-3,13H,4-7H2. The normalized spacial score (nSPS) is 17.5. The van der Waals surface area contributed by atoms with Gasteiger partial charge in [0.15, 0.2) is 0 Å². The number of hydrogen-bond donors (Lipinski definition) is 1. The molecule has 3 nitrogen and oxygen atoms in total. The molecule has 2 aromatic carbocycles. The zero-order valence-corrected chi connectivity index (χ0v) is 16.6. The van der Waals surface area contributed by atoms with Crippen LogP contribution >= 0.6 is 23.2 Å². The lowest BCUT2D eigenvalue weighted by atomic mass is 10.1. The van der Waals surface area contributed by atoms with Crippen LogP contribution < -0.4 is 15.1 Å². The summed E-state index contributed by atoms with van der Waals surface area (Å²) < 4.78 is 0. The molecule has 1 N–H and O–H groups in total. The van der Waals surface area contributed by atoms with Gasteiger partial charge in [0.2, 0.25) is 0 Å². The summed E-state index contributed by atoms with van der Waals surface area (Å²) in [5, 5.41) is 4.77. The van der Waals surface area contributed by atoms with Crippen molar-refractivity contribution in [2.75, 3.05) is 49.1 Å². The van der Waals surface area contributed by atoms with Gasteiger partial charge in [0.1, 0.15) is 0 Å². The summed E-state index contributed by atoms with van der Waals surface area (Å²) in [7, 11) is 0. The van der Waals surface area contributed by atoms with E-state index in [-0.39, 0.29) is 0 Å². The summed E-state index contributed by atoms with van der Waals surface area (Å²) in [6.45, 7) is 6.38. The highest BCUT2D eigenvalue weighted by molar-refractivity contribution is 6.39. The maximum absolute atomic E-state index is 6.12. The molecule has 0 saturated carbocycles. The third kappa shape index (κ3) is 5.29. The number of anilines is 2. The van der Waals surface area contributed by atoms with Crippen molar-refractivity contribution in [2.24, 2.45) is 0 Å². The minimum absolute atomic E-state index is 0.736. The fourth-order valence-corrected chi connectivity index (χ4v) is 4.11. The SMILES string of the molecule is Clc1cccc(Cl)c1N1CCNCC1.c1ccc(N2CCCCC2)cc1. The lowest BCUT2D eigenvalue weighted by Crippen LogP contribution is -2.43. The first-order valence-corrected chi connectivity index (χ1v) is 10.2. The smallest absolute Gasteiger partial charge is 0.0745 e. The summed E-state index contributed by atoms with van der Waals surface area (Å²) in [5.74, 6) is 0. The number of piperazine rings is 1. The van der Waals surface area contributed by atoms with Crippen molar-refractivity contribution in [1.82, 2.24) is 5.32 Å². The summed E-state index contributed by atoms with van der Waals surface area (Å²) in [4.78, 5) is 4.70. The molecular formula is C21H27Cl2N3. The third-order valence-electron chi connectivity index (χ3n) is 4.85. The first-order chi connectivity index (χ1) is 12.8. The predicted molar refractivity (Wildman–Crippen MR) is 114 cm³/mol. The number of para-hydroxylation sites is 2. The van der Waals surface area contributed by atoms with E-state index in [1.807, 2.05) is 18.2 Å². The third-order valence-corrected chi connectivity index (χ3v) is 5.46. The van der Waals surface area contributed by atoms with Gasteiger partial charge < -0.3 is 15.1 Å². The van der Waals surface area contributed by atoms with E-state index >= 15 is 0 Å². The summed E-state index contributed by atoms with van der Waals surface area (Å²) in [6.07, 6.45) is 4.12. The highest BCUT2D eigenvalue weighted by Gasteiger charge is 2.15. The molecule has 2 saturated heterocycles. The van der Waals surface area contributed by atoms with Crippen LogP contribution in [-0.2, 0) is 0 Å². The molecule has 0 radical (unpaired) electrons. The number of rotatable bonds is 2. The lowest BCUT2D eigenvalue weighted by molar-refractivity contribution is 0.578. The Balaban J connectivity index is 0.000000152. The van der Waals surface area contributed by atoms with E-state index in [1.165, 1.54) is 38.0 Å². The summed E-state index contributed by atoms with van der Waals surface area (Å²) in [5.41, 5.74) is 2.36. The Morgan fingerprint density at radius 3 is 1.88 bits per heavy atom. The van der Waals surface area contributed by atoms with E-state index in [4.69, 9.17) is 23.2 Å². The average molecular weight is 392 g/mol. The fraction of sp³-hybridized carbons (Fsp3) is 0.429. The Kier molecular flexibility index (Phi) is 7.48. The maximum atomic E-state index is 6.12. The molecule has 4 rings (SSSR count). The Bertz CT molecular complexity index is 646. The minimum Gasteiger partial charge on any atom is -0.372 e. The number of nitrogens with one attached hydrogen (secondary N) is 1. The van der Waals surface area contributed by atoms with Crippen LogP contribution in [0.2, 0.25) is 10.0 Å². The highest BCUT2D eigenvalue weighted by atomic mass is 35.5. The zero-order valence-electron chi connectivity index (χ0n) is 15.1. The van der Waals surface area contributed by atoms with Crippen molar-refractivity contribution in [3.8, 4) is 0 Å². The fourth-order valence-electron chi connectivity index (χ4n) is 3.47. The van der Waals surface area contributed by atoms with Gasteiger partial charge in [-0.05, 0) is 43.5 Å². The molecule has 0 unspecified atom stereocenters. The molecule has 2 heterocycles. The van der Waals surface area contributed by atoms with Crippen LogP contribution in [-0.4, -0.2) is 39.3 Å². The molecule has 0 bridgehead atoms. The molecule has 2 fully saturated rings. The molecule has 2 aromatic rings. The van der Waals surface area contributed by atoms with E-state index in [1.54, 1.807) is 0 Å². The molecule has 5 heteroatoms. The quantitative estimate of drug-likeness (QED) is 0.769. The van der Waals surface area contributed by atoms with Crippen molar-refractivity contribution in [3.05, 3.63) is 58.6 Å². The molecular weight excluding hydrogens is 365 g/mol. The second-order valence-electron chi connectivity index (χ2n) is 6.69. The predicted octanol–water partition coefficient (Wildman–Crippen LogP) is 5.08. The van der Waals surface area contributed by atoms with Crippen LogP contribution in [0.1, 0.15) is 19.3 Å². The van der Waals surface area contributed by atoms with Crippen molar-refractivity contribution in [3.63, 3.8) is 0 Å². The van der Waals surface area contributed by atoms with Crippen LogP contribution in [0, 0.1) is 0 Å². The van der Waals surface area contributed by atoms with Crippen molar-refractivity contribution < 1.29 is 0 Å². The number of piperidine rings is 1. The average Bonchev–Trinajstić information content (AvgIpc) is 2.71. The summed E-state index contributed by atoms with van der Waals surface area (Å²) in [6, 6.07) is 16.3. The molecule has 0 aliphatic carbocycles. The Labute approximate surface area is 166 Å². The second-order valence-corrected chi connectivity index (χ2v) is 7.50. The molecule has 2 aliphatic heterocycles. The van der Waals surface area contributed by atoms with Crippen LogP contribution in [0.15, 0.2) is 48.5 Å². The van der Waals surface area contributed by atoms with E-state index in [0.29, 0.717) is 0 Å². The van der Waals surface area contributed by atoms with Crippen LogP contribution in [0.4, 0.5) is 11.4 Å². The lowest BCUT2D eigenvalue weighted by Gasteiger charge is -2.30. The first-order valence-electron chi connectivity index (χ1n) is 9.45. The molecule has 140 valence electrons. The highest BCUT2D eigenvalue weighted by Crippen LogP contribution is 2.33. The van der Waals surface area contributed by atoms with Crippen molar-refractivity contribution >= 4 is 34.6 Å². The second kappa shape index (κ2) is 10.1. The molecule has 0 aromatic heterocycles. The van der Waals surface area contributed by atoms with Crippen LogP contribution in [0.5, 0.6) is 0 Å². The van der Waals surface area contributed by atoms with E-state index in [0.717, 1.165) is 41.9 Å². The van der Waals surface area contributed by atoms with E-state index in [2.05, 4.69) is 45.4 Å². The largest absolute Gasteiger partial charge is 0.372 e. The topological polar surface area (TPSA) is 18.5 Å². The van der Waals surface area contributed by atoms with Gasteiger partial charge in [0.25, 0.3) is 0 Å². The zero-order chi connectivity index (χ0) is 18.2. The molecule has 0 amide bonds. The monoisotopic (exact) mass is 391 g/mol. The van der Waals surface area contributed by atoms with Crippen molar-refractivity contribution in [1.29, 1.82) is 0 Å². The Morgan fingerprint density at radius 1 is 0.654 bits per heavy atom. The maximum Gasteiger partial charge on any atom is 0.0745 e. The number of hydrogen-bond acceptors (Lipinski definition) is 3. The number of nitrogens with zero attached hydrogens (tertiary/aromatic N) is 2. The van der Waals surface area contributed by atoms with E-state index in [9.17, 15) is 0 Å².